The van der Waals surface area contributed by atoms with E-state index in [0.717, 1.165) is 11.1 Å². The van der Waals surface area contributed by atoms with Crippen LogP contribution in [0.2, 0.25) is 0 Å². The molecule has 2 N–H and O–H groups in total. The van der Waals surface area contributed by atoms with Gasteiger partial charge in [0, 0.05) is 17.7 Å². The number of halogens is 2. The SMILES string of the molecule is Cc1noc(C)c1-c1ccc([C@]2(CN3Cc4ccc(OC(F)F)cc4C3=O)NC(=O)NC2=O)cc1. The second kappa shape index (κ2) is 8.19. The van der Waals surface area contributed by atoms with Crippen LogP contribution in [0.15, 0.2) is 47.0 Å². The molecule has 9 nitrogen and oxygen atoms in total. The Labute approximate surface area is 198 Å². The smallest absolute Gasteiger partial charge is 0.387 e. The fourth-order valence-corrected chi connectivity index (χ4v) is 4.64. The summed E-state index contributed by atoms with van der Waals surface area (Å²) in [4.78, 5) is 39.6. The van der Waals surface area contributed by atoms with Gasteiger partial charge in [0.2, 0.25) is 0 Å². The second-order valence-electron chi connectivity index (χ2n) is 8.45. The third kappa shape index (κ3) is 3.78. The van der Waals surface area contributed by atoms with Crippen LogP contribution in [-0.4, -0.2) is 41.1 Å². The number of hydrogen-bond acceptors (Lipinski definition) is 6. The van der Waals surface area contributed by atoms with Crippen molar-refractivity contribution in [2.75, 3.05) is 6.54 Å². The van der Waals surface area contributed by atoms with E-state index in [1.54, 1.807) is 31.2 Å². The van der Waals surface area contributed by atoms with Crippen molar-refractivity contribution >= 4 is 17.8 Å². The molecule has 0 aliphatic carbocycles. The molecule has 0 bridgehead atoms. The number of alkyl halides is 2. The topological polar surface area (TPSA) is 114 Å². The van der Waals surface area contributed by atoms with Gasteiger partial charge in [-0.15, -0.1) is 0 Å². The van der Waals surface area contributed by atoms with Gasteiger partial charge in [0.25, 0.3) is 11.8 Å². The molecule has 4 amide bonds. The monoisotopic (exact) mass is 482 g/mol. The maximum Gasteiger partial charge on any atom is 0.387 e. The molecule has 2 aliphatic heterocycles. The van der Waals surface area contributed by atoms with Crippen molar-refractivity contribution in [1.29, 1.82) is 0 Å². The molecule has 0 radical (unpaired) electrons. The van der Waals surface area contributed by atoms with Crippen LogP contribution in [0.5, 0.6) is 5.75 Å². The average molecular weight is 482 g/mol. The number of nitrogens with one attached hydrogen (secondary N) is 2. The minimum Gasteiger partial charge on any atom is -0.435 e. The number of amides is 4. The number of imide groups is 1. The van der Waals surface area contributed by atoms with Gasteiger partial charge in [-0.05, 0) is 42.7 Å². The van der Waals surface area contributed by atoms with E-state index in [0.29, 0.717) is 22.6 Å². The molecule has 0 saturated carbocycles. The number of aryl methyl sites for hydroxylation is 2. The van der Waals surface area contributed by atoms with Crippen LogP contribution in [0.25, 0.3) is 11.1 Å². The van der Waals surface area contributed by atoms with Crippen LogP contribution in [0, 0.1) is 13.8 Å². The number of hydrogen-bond donors (Lipinski definition) is 2. The Hall–Kier alpha value is -4.28. The maximum absolute atomic E-state index is 13.1. The summed E-state index contributed by atoms with van der Waals surface area (Å²) < 4.78 is 34.8. The number of ether oxygens (including phenoxy) is 1. The molecule has 180 valence electrons. The Bertz CT molecular complexity index is 1330. The van der Waals surface area contributed by atoms with Crippen molar-refractivity contribution in [3.8, 4) is 16.9 Å². The first-order chi connectivity index (χ1) is 16.7. The molecule has 35 heavy (non-hydrogen) atoms. The van der Waals surface area contributed by atoms with Crippen LogP contribution in [-0.2, 0) is 16.9 Å². The van der Waals surface area contributed by atoms with Crippen molar-refractivity contribution in [3.63, 3.8) is 0 Å². The lowest BCUT2D eigenvalue weighted by atomic mass is 9.88. The molecule has 1 atom stereocenters. The number of fused-ring (bicyclic) bond motifs is 1. The number of carbonyl (C=O) groups is 3. The van der Waals surface area contributed by atoms with Gasteiger partial charge in [0.1, 0.15) is 11.5 Å². The zero-order valence-electron chi connectivity index (χ0n) is 18.7. The fraction of sp³-hybridized carbons (Fsp3) is 0.250. The van der Waals surface area contributed by atoms with E-state index >= 15 is 0 Å². The summed E-state index contributed by atoms with van der Waals surface area (Å²) in [6, 6.07) is 10.4. The zero-order chi connectivity index (χ0) is 24.9. The average Bonchev–Trinajstić information content (AvgIpc) is 3.41. The molecule has 2 aromatic carbocycles. The van der Waals surface area contributed by atoms with Gasteiger partial charge in [0.15, 0.2) is 5.54 Å². The third-order valence-electron chi connectivity index (χ3n) is 6.25. The molecular weight excluding hydrogens is 462 g/mol. The standard InChI is InChI=1S/C24H20F2N4O5/c1-12-19(13(2)35-29-12)14-3-6-16(7-4-14)24(21(32)27-23(33)28-24)11-30-10-15-5-8-17(34-22(25)26)9-18(15)20(30)31/h3-9,22H,10-11H2,1-2H3,(H2,27,28,32,33)/t24-/m0/s1. The highest BCUT2D eigenvalue weighted by Gasteiger charge is 2.50. The van der Waals surface area contributed by atoms with E-state index in [4.69, 9.17) is 4.52 Å². The van der Waals surface area contributed by atoms with Gasteiger partial charge < -0.3 is 19.5 Å². The van der Waals surface area contributed by atoms with Crippen molar-refractivity contribution in [3.05, 3.63) is 70.6 Å². The van der Waals surface area contributed by atoms with Crippen LogP contribution >= 0.6 is 0 Å². The number of benzene rings is 2. The van der Waals surface area contributed by atoms with Crippen LogP contribution in [0.3, 0.4) is 0 Å². The highest BCUT2D eigenvalue weighted by molar-refractivity contribution is 6.08. The first-order valence-corrected chi connectivity index (χ1v) is 10.7. The lowest BCUT2D eigenvalue weighted by Crippen LogP contribution is -2.52. The van der Waals surface area contributed by atoms with Gasteiger partial charge in [-0.1, -0.05) is 35.5 Å². The molecule has 0 unspecified atom stereocenters. The molecule has 11 heteroatoms. The summed E-state index contributed by atoms with van der Waals surface area (Å²) in [5.74, 6) is -0.545. The Morgan fingerprint density at radius 2 is 1.89 bits per heavy atom. The van der Waals surface area contributed by atoms with E-state index in [-0.39, 0.29) is 24.4 Å². The molecule has 1 fully saturated rings. The van der Waals surface area contributed by atoms with Crippen molar-refractivity contribution in [1.82, 2.24) is 20.7 Å². The highest BCUT2D eigenvalue weighted by atomic mass is 19.3. The summed E-state index contributed by atoms with van der Waals surface area (Å²) in [6.07, 6.45) is 0. The summed E-state index contributed by atoms with van der Waals surface area (Å²) in [5.41, 5.74) is 2.11. The lowest BCUT2D eigenvalue weighted by molar-refractivity contribution is -0.124. The van der Waals surface area contributed by atoms with Gasteiger partial charge in [-0.2, -0.15) is 8.78 Å². The summed E-state index contributed by atoms with van der Waals surface area (Å²) in [6.45, 7) is 0.581. The van der Waals surface area contributed by atoms with Crippen LogP contribution in [0.4, 0.5) is 13.6 Å². The number of urea groups is 1. The largest absolute Gasteiger partial charge is 0.435 e. The highest BCUT2D eigenvalue weighted by Crippen LogP contribution is 2.34. The first kappa shape index (κ1) is 22.5. The van der Waals surface area contributed by atoms with Crippen LogP contribution < -0.4 is 15.4 Å². The predicted octanol–water partition coefficient (Wildman–Crippen LogP) is 3.25. The minimum absolute atomic E-state index is 0.134. The van der Waals surface area contributed by atoms with Gasteiger partial charge in [0.05, 0.1) is 12.2 Å². The predicted molar refractivity (Wildman–Crippen MR) is 118 cm³/mol. The number of nitrogens with zero attached hydrogens (tertiary/aromatic N) is 2. The van der Waals surface area contributed by atoms with Gasteiger partial charge in [-0.25, -0.2) is 4.79 Å². The maximum atomic E-state index is 13.1. The zero-order valence-corrected chi connectivity index (χ0v) is 18.7. The van der Waals surface area contributed by atoms with E-state index in [1.165, 1.54) is 23.1 Å². The van der Waals surface area contributed by atoms with Crippen LogP contribution in [0.1, 0.15) is 32.9 Å². The lowest BCUT2D eigenvalue weighted by Gasteiger charge is -2.31. The Morgan fingerprint density at radius 1 is 1.14 bits per heavy atom. The summed E-state index contributed by atoms with van der Waals surface area (Å²) in [7, 11) is 0. The molecular formula is C24H20F2N4O5. The Kier molecular flexibility index (Phi) is 5.27. The third-order valence-corrected chi connectivity index (χ3v) is 6.25. The second-order valence-corrected chi connectivity index (χ2v) is 8.45. The van der Waals surface area contributed by atoms with E-state index in [9.17, 15) is 23.2 Å². The van der Waals surface area contributed by atoms with E-state index in [1.807, 2.05) is 6.92 Å². The minimum atomic E-state index is -3.02. The molecule has 1 saturated heterocycles. The fourth-order valence-electron chi connectivity index (χ4n) is 4.64. The normalized spacial score (nSPS) is 19.2. The molecule has 5 rings (SSSR count). The Balaban J connectivity index is 1.46. The van der Waals surface area contributed by atoms with Crippen molar-refractivity contribution in [2.45, 2.75) is 32.5 Å². The molecule has 1 aromatic heterocycles. The molecule has 3 aromatic rings. The number of rotatable bonds is 6. The van der Waals surface area contributed by atoms with E-state index < -0.39 is 30.0 Å². The van der Waals surface area contributed by atoms with Crippen molar-refractivity contribution < 1.29 is 32.4 Å². The van der Waals surface area contributed by atoms with Gasteiger partial charge in [-0.3, -0.25) is 14.9 Å². The first-order valence-electron chi connectivity index (χ1n) is 10.7. The molecule has 3 heterocycles. The van der Waals surface area contributed by atoms with Gasteiger partial charge >= 0.3 is 12.6 Å². The quantitative estimate of drug-likeness (QED) is 0.522. The number of carbonyl (C=O) groups excluding carboxylic acids is 3. The van der Waals surface area contributed by atoms with E-state index in [2.05, 4.69) is 20.5 Å². The molecule has 2 aliphatic rings. The summed E-state index contributed by atoms with van der Waals surface area (Å²) in [5, 5.41) is 8.88. The van der Waals surface area contributed by atoms with Crippen molar-refractivity contribution in [2.24, 2.45) is 0 Å². The number of aromatic nitrogens is 1. The molecule has 0 spiro atoms. The summed E-state index contributed by atoms with van der Waals surface area (Å²) >= 11 is 0. The Morgan fingerprint density at radius 3 is 2.49 bits per heavy atom.